The van der Waals surface area contributed by atoms with Crippen LogP contribution in [0.25, 0.3) is 0 Å². The molecule has 4 rings (SSSR count). The van der Waals surface area contributed by atoms with E-state index in [2.05, 4.69) is 24.3 Å². The lowest BCUT2D eigenvalue weighted by molar-refractivity contribution is 0.0223. The van der Waals surface area contributed by atoms with Crippen molar-refractivity contribution in [2.75, 3.05) is 79.3 Å². The molecule has 0 N–H and O–H groups in total. The molecular weight excluding hydrogens is 536 g/mol. The van der Waals surface area contributed by atoms with Gasteiger partial charge < -0.3 is 37.9 Å². The zero-order valence-corrected chi connectivity index (χ0v) is 25.3. The number of aryl methyl sites for hydroxylation is 2. The summed E-state index contributed by atoms with van der Waals surface area (Å²) in [6.45, 7) is 6.63. The SMILES string of the molecule is c1cc2c(cc1CCCCCCCCCCc1ccc3c(c1)OCCOCCOCCO3)OCCOCCOCCO2. The van der Waals surface area contributed by atoms with Crippen LogP contribution in [0.2, 0.25) is 0 Å². The Morgan fingerprint density at radius 3 is 1.02 bits per heavy atom. The highest BCUT2D eigenvalue weighted by Crippen LogP contribution is 2.30. The van der Waals surface area contributed by atoms with Gasteiger partial charge in [-0.1, -0.05) is 50.7 Å². The fraction of sp³-hybridized carbons (Fsp3) is 0.647. The molecule has 0 saturated heterocycles. The third-order valence-electron chi connectivity index (χ3n) is 7.38. The number of hydrogen-bond acceptors (Lipinski definition) is 8. The van der Waals surface area contributed by atoms with Gasteiger partial charge in [0.25, 0.3) is 0 Å². The fourth-order valence-corrected chi connectivity index (χ4v) is 5.09. The Balaban J connectivity index is 1.06. The normalized spacial score (nSPS) is 17.2. The summed E-state index contributed by atoms with van der Waals surface area (Å²) in [5.74, 6) is 3.18. The molecule has 0 aliphatic carbocycles. The van der Waals surface area contributed by atoms with E-state index in [1.807, 2.05) is 12.1 Å². The Kier molecular flexibility index (Phi) is 15.7. The highest BCUT2D eigenvalue weighted by Gasteiger charge is 2.10. The molecule has 0 amide bonds. The van der Waals surface area contributed by atoms with E-state index in [0.717, 1.165) is 35.8 Å². The molecule has 0 spiro atoms. The average molecular weight is 587 g/mol. The third-order valence-corrected chi connectivity index (χ3v) is 7.38. The summed E-state index contributed by atoms with van der Waals surface area (Å²) >= 11 is 0. The van der Waals surface area contributed by atoms with E-state index >= 15 is 0 Å². The molecule has 234 valence electrons. The predicted octanol–water partition coefficient (Wildman–Crippen LogP) is 6.20. The minimum absolute atomic E-state index is 0.515. The molecule has 0 atom stereocenters. The molecule has 0 fully saturated rings. The van der Waals surface area contributed by atoms with E-state index in [-0.39, 0.29) is 0 Å². The maximum Gasteiger partial charge on any atom is 0.161 e. The predicted molar refractivity (Wildman–Crippen MR) is 162 cm³/mol. The molecule has 0 saturated carbocycles. The van der Waals surface area contributed by atoms with Crippen LogP contribution in [0.4, 0.5) is 0 Å². The van der Waals surface area contributed by atoms with Crippen molar-refractivity contribution in [3.05, 3.63) is 47.5 Å². The number of fused-ring (bicyclic) bond motifs is 2. The number of unbranched alkanes of at least 4 members (excludes halogenated alkanes) is 7. The Bertz CT molecular complexity index is 918. The summed E-state index contributed by atoms with van der Waals surface area (Å²) < 4.78 is 45.8. The van der Waals surface area contributed by atoms with Crippen molar-refractivity contribution in [3.8, 4) is 23.0 Å². The molecule has 0 radical (unpaired) electrons. The van der Waals surface area contributed by atoms with Crippen molar-refractivity contribution < 1.29 is 37.9 Å². The molecule has 8 heteroatoms. The van der Waals surface area contributed by atoms with Gasteiger partial charge in [0, 0.05) is 0 Å². The molecular formula is C34H50O8. The van der Waals surface area contributed by atoms with E-state index in [1.54, 1.807) is 0 Å². The van der Waals surface area contributed by atoms with Crippen LogP contribution in [0, 0.1) is 0 Å². The molecule has 2 aliphatic rings. The summed E-state index contributed by atoms with van der Waals surface area (Å²) in [5, 5.41) is 0. The first kappa shape index (κ1) is 32.4. The monoisotopic (exact) mass is 586 g/mol. The number of hydrogen-bond donors (Lipinski definition) is 0. The number of rotatable bonds is 11. The first-order chi connectivity index (χ1) is 20.9. The molecule has 2 heterocycles. The molecule has 2 aliphatic heterocycles. The molecule has 42 heavy (non-hydrogen) atoms. The van der Waals surface area contributed by atoms with Gasteiger partial charge >= 0.3 is 0 Å². The van der Waals surface area contributed by atoms with Crippen molar-refractivity contribution in [2.24, 2.45) is 0 Å². The van der Waals surface area contributed by atoms with Crippen molar-refractivity contribution >= 4 is 0 Å². The lowest BCUT2D eigenvalue weighted by atomic mass is 10.0. The maximum atomic E-state index is 5.96. The maximum absolute atomic E-state index is 5.96. The summed E-state index contributed by atoms with van der Waals surface area (Å²) in [4.78, 5) is 0. The van der Waals surface area contributed by atoms with E-state index in [4.69, 9.17) is 37.9 Å². The Labute approximate surface area is 251 Å². The molecule has 0 unspecified atom stereocenters. The highest BCUT2D eigenvalue weighted by molar-refractivity contribution is 5.44. The summed E-state index contributed by atoms with van der Waals surface area (Å²) in [6, 6.07) is 12.6. The zero-order valence-electron chi connectivity index (χ0n) is 25.3. The zero-order chi connectivity index (χ0) is 28.9. The van der Waals surface area contributed by atoms with Crippen LogP contribution in [-0.4, -0.2) is 79.3 Å². The topological polar surface area (TPSA) is 73.8 Å². The van der Waals surface area contributed by atoms with Crippen LogP contribution >= 0.6 is 0 Å². The van der Waals surface area contributed by atoms with Gasteiger partial charge in [-0.3, -0.25) is 0 Å². The van der Waals surface area contributed by atoms with Gasteiger partial charge in [-0.25, -0.2) is 0 Å². The second kappa shape index (κ2) is 20.4. The first-order valence-corrected chi connectivity index (χ1v) is 16.0. The minimum atomic E-state index is 0.515. The Morgan fingerprint density at radius 2 is 0.643 bits per heavy atom. The molecule has 0 bridgehead atoms. The average Bonchev–Trinajstić information content (AvgIpc) is 2.99. The molecule has 8 nitrogen and oxygen atoms in total. The van der Waals surface area contributed by atoms with Crippen LogP contribution in [0.3, 0.4) is 0 Å². The standard InChI is InChI=1S/C34H50O8/c1(3-5-7-9-29-11-13-31-33(27-29)41-25-21-37-17-15-35-19-23-39-31)2-4-6-8-10-30-12-14-32-34(28-30)42-26-22-38-18-16-36-20-24-40-32/h11-14,27-28H,1-10,15-26H2. The Hall–Kier alpha value is -2.52. The van der Waals surface area contributed by atoms with Crippen molar-refractivity contribution in [3.63, 3.8) is 0 Å². The molecule has 0 aromatic heterocycles. The van der Waals surface area contributed by atoms with Gasteiger partial charge in [0.2, 0.25) is 0 Å². The van der Waals surface area contributed by atoms with Crippen LogP contribution in [0.1, 0.15) is 62.5 Å². The second-order valence-electron chi connectivity index (χ2n) is 10.7. The largest absolute Gasteiger partial charge is 0.487 e. The van der Waals surface area contributed by atoms with Crippen molar-refractivity contribution in [2.45, 2.75) is 64.2 Å². The van der Waals surface area contributed by atoms with Crippen LogP contribution < -0.4 is 18.9 Å². The lowest BCUT2D eigenvalue weighted by Crippen LogP contribution is -2.15. The van der Waals surface area contributed by atoms with E-state index < -0.39 is 0 Å². The van der Waals surface area contributed by atoms with Gasteiger partial charge in [-0.15, -0.1) is 0 Å². The van der Waals surface area contributed by atoms with Gasteiger partial charge in [-0.05, 0) is 61.1 Å². The van der Waals surface area contributed by atoms with E-state index in [1.165, 1.54) is 62.5 Å². The van der Waals surface area contributed by atoms with Gasteiger partial charge in [0.05, 0.1) is 52.9 Å². The number of benzene rings is 2. The fourth-order valence-electron chi connectivity index (χ4n) is 5.09. The lowest BCUT2D eigenvalue weighted by Gasteiger charge is -2.16. The Morgan fingerprint density at radius 1 is 0.333 bits per heavy atom. The highest BCUT2D eigenvalue weighted by atomic mass is 16.6. The van der Waals surface area contributed by atoms with Crippen molar-refractivity contribution in [1.29, 1.82) is 0 Å². The first-order valence-electron chi connectivity index (χ1n) is 16.0. The van der Waals surface area contributed by atoms with Gasteiger partial charge in [0.1, 0.15) is 26.4 Å². The van der Waals surface area contributed by atoms with Crippen molar-refractivity contribution in [1.82, 2.24) is 0 Å². The minimum Gasteiger partial charge on any atom is -0.487 e. The summed E-state index contributed by atoms with van der Waals surface area (Å²) in [5.41, 5.74) is 2.59. The molecule has 2 aromatic carbocycles. The van der Waals surface area contributed by atoms with Crippen LogP contribution in [0.5, 0.6) is 23.0 Å². The third kappa shape index (κ3) is 12.8. The van der Waals surface area contributed by atoms with E-state index in [9.17, 15) is 0 Å². The quantitative estimate of drug-likeness (QED) is 0.288. The summed E-state index contributed by atoms with van der Waals surface area (Å²) in [6.07, 6.45) is 12.2. The smallest absolute Gasteiger partial charge is 0.161 e. The summed E-state index contributed by atoms with van der Waals surface area (Å²) in [7, 11) is 0. The van der Waals surface area contributed by atoms with E-state index in [0.29, 0.717) is 79.3 Å². The van der Waals surface area contributed by atoms with Crippen LogP contribution in [0.15, 0.2) is 36.4 Å². The molecule has 2 aromatic rings. The van der Waals surface area contributed by atoms with Crippen LogP contribution in [-0.2, 0) is 31.8 Å². The number of ether oxygens (including phenoxy) is 8. The van der Waals surface area contributed by atoms with Gasteiger partial charge in [0.15, 0.2) is 23.0 Å². The second-order valence-corrected chi connectivity index (χ2v) is 10.7. The van der Waals surface area contributed by atoms with Gasteiger partial charge in [-0.2, -0.15) is 0 Å².